The number of nitrogens with zero attached hydrogens (tertiary/aromatic N) is 1. The van der Waals surface area contributed by atoms with Gasteiger partial charge >= 0.3 is 0 Å². The number of fused-ring (bicyclic) bond motifs is 3. The normalized spacial score (nSPS) is 12.2. The zero-order valence-electron chi connectivity index (χ0n) is 25.4. The molecule has 0 aliphatic heterocycles. The van der Waals surface area contributed by atoms with Crippen LogP contribution in [0.4, 0.5) is 0 Å². The van der Waals surface area contributed by atoms with Gasteiger partial charge in [-0.2, -0.15) is 0 Å². The van der Waals surface area contributed by atoms with E-state index in [4.69, 9.17) is 10.7 Å². The molecule has 204 valence electrons. The van der Waals surface area contributed by atoms with Crippen LogP contribution in [0.1, 0.15) is 72.7 Å². The molecule has 0 aliphatic carbocycles. The van der Waals surface area contributed by atoms with Crippen LogP contribution in [-0.4, -0.2) is 4.98 Å². The molecule has 0 radical (unpaired) electrons. The molecule has 1 aromatic heterocycles. The Morgan fingerprint density at radius 1 is 0.750 bits per heavy atom. The summed E-state index contributed by atoms with van der Waals surface area (Å²) < 4.78 is 0. The van der Waals surface area contributed by atoms with E-state index in [0.717, 1.165) is 29.4 Å². The second kappa shape index (κ2) is 10.6. The second-order valence-electron chi connectivity index (χ2n) is 11.8. The van der Waals surface area contributed by atoms with Gasteiger partial charge in [0.05, 0.1) is 11.2 Å². The van der Waals surface area contributed by atoms with Crippen LogP contribution < -0.4 is 5.73 Å². The number of aryl methyl sites for hydroxylation is 5. The summed E-state index contributed by atoms with van der Waals surface area (Å²) in [6, 6.07) is 22.7. The van der Waals surface area contributed by atoms with Crippen LogP contribution >= 0.6 is 0 Å². The zero-order valence-corrected chi connectivity index (χ0v) is 25.4. The van der Waals surface area contributed by atoms with Crippen molar-refractivity contribution in [1.29, 1.82) is 0 Å². The maximum Gasteiger partial charge on any atom is 0.0759 e. The van der Waals surface area contributed by atoms with Crippen LogP contribution in [0, 0.1) is 34.6 Å². The molecule has 0 saturated carbocycles. The van der Waals surface area contributed by atoms with Crippen molar-refractivity contribution in [3.63, 3.8) is 0 Å². The van der Waals surface area contributed by atoms with Crippen molar-refractivity contribution in [3.8, 4) is 22.3 Å². The van der Waals surface area contributed by atoms with Gasteiger partial charge < -0.3 is 5.73 Å². The topological polar surface area (TPSA) is 38.9 Å². The molecular formula is C38H42N2. The number of hydrogen-bond acceptors (Lipinski definition) is 2. The average molecular weight is 527 g/mol. The molecule has 4 aromatic carbocycles. The summed E-state index contributed by atoms with van der Waals surface area (Å²) >= 11 is 0. The fraction of sp³-hybridized carbons (Fsp3) is 0.289. The Morgan fingerprint density at radius 3 is 2.00 bits per heavy atom. The maximum atomic E-state index is 5.99. The van der Waals surface area contributed by atoms with Crippen LogP contribution in [0.5, 0.6) is 0 Å². The molecule has 0 spiro atoms. The molecular weight excluding hydrogens is 484 g/mol. The first-order chi connectivity index (χ1) is 19.1. The Morgan fingerprint density at radius 2 is 1.40 bits per heavy atom. The molecule has 5 aromatic rings. The standard InChI is InChI=1S/C38H42N2/c1-9-38(8,10-2)32-17-16-30(35-26(6)20-23(3)21-27(35)7)36-31-22-28(34-24(4)12-11-13-25(34)5)14-15-29(31)33(18-19-39)40-37(32)36/h11-22H,9-10,39H2,1-8H3/b19-18-. The summed E-state index contributed by atoms with van der Waals surface area (Å²) in [4.78, 5) is 5.39. The van der Waals surface area contributed by atoms with E-state index in [1.807, 2.05) is 6.08 Å². The minimum atomic E-state index is 0.0166. The average Bonchev–Trinajstić information content (AvgIpc) is 2.92. The van der Waals surface area contributed by atoms with Crippen LogP contribution in [0.3, 0.4) is 0 Å². The molecule has 5 rings (SSSR count). The Hall–Kier alpha value is -3.91. The predicted molar refractivity (Wildman–Crippen MR) is 175 cm³/mol. The number of hydrogen-bond donors (Lipinski definition) is 1. The first-order valence-electron chi connectivity index (χ1n) is 14.6. The summed E-state index contributed by atoms with van der Waals surface area (Å²) in [5.74, 6) is 0. The third-order valence-corrected chi connectivity index (χ3v) is 9.16. The fourth-order valence-corrected chi connectivity index (χ4v) is 6.71. The third-order valence-electron chi connectivity index (χ3n) is 9.16. The van der Waals surface area contributed by atoms with E-state index in [1.165, 1.54) is 66.4 Å². The van der Waals surface area contributed by atoms with E-state index in [-0.39, 0.29) is 5.41 Å². The molecule has 2 heteroatoms. The monoisotopic (exact) mass is 526 g/mol. The Bertz CT molecular complexity index is 1740. The molecule has 0 amide bonds. The maximum absolute atomic E-state index is 5.99. The molecule has 2 nitrogen and oxygen atoms in total. The van der Waals surface area contributed by atoms with Crippen molar-refractivity contribution in [2.75, 3.05) is 0 Å². The minimum absolute atomic E-state index is 0.0166. The number of aromatic nitrogens is 1. The Kier molecular flexibility index (Phi) is 7.31. The van der Waals surface area contributed by atoms with Crippen LogP contribution in [0.15, 0.2) is 66.9 Å². The van der Waals surface area contributed by atoms with Gasteiger partial charge in [0.15, 0.2) is 0 Å². The van der Waals surface area contributed by atoms with E-state index in [1.54, 1.807) is 6.20 Å². The lowest BCUT2D eigenvalue weighted by molar-refractivity contribution is 0.442. The van der Waals surface area contributed by atoms with Gasteiger partial charge in [-0.25, -0.2) is 4.98 Å². The molecule has 1 heterocycles. The predicted octanol–water partition coefficient (Wildman–Crippen LogP) is 10.3. The Balaban J connectivity index is 2.04. The number of pyridine rings is 1. The van der Waals surface area contributed by atoms with Gasteiger partial charge in [-0.05, 0) is 127 Å². The first-order valence-corrected chi connectivity index (χ1v) is 14.6. The van der Waals surface area contributed by atoms with Crippen molar-refractivity contribution < 1.29 is 0 Å². The van der Waals surface area contributed by atoms with Gasteiger partial charge in [0.1, 0.15) is 0 Å². The number of nitrogens with two attached hydrogens (primary N) is 1. The van der Waals surface area contributed by atoms with E-state index in [9.17, 15) is 0 Å². The van der Waals surface area contributed by atoms with E-state index < -0.39 is 0 Å². The molecule has 0 fully saturated rings. The van der Waals surface area contributed by atoms with Crippen molar-refractivity contribution in [2.24, 2.45) is 5.73 Å². The lowest BCUT2D eigenvalue weighted by Crippen LogP contribution is -2.20. The van der Waals surface area contributed by atoms with E-state index in [0.29, 0.717) is 0 Å². The van der Waals surface area contributed by atoms with E-state index >= 15 is 0 Å². The number of benzene rings is 4. The quantitative estimate of drug-likeness (QED) is 0.224. The van der Waals surface area contributed by atoms with Crippen molar-refractivity contribution in [3.05, 3.63) is 106 Å². The molecule has 0 atom stereocenters. The molecule has 0 saturated heterocycles. The van der Waals surface area contributed by atoms with Gasteiger partial charge in [-0.1, -0.05) is 80.9 Å². The van der Waals surface area contributed by atoms with Crippen molar-refractivity contribution in [2.45, 2.75) is 73.6 Å². The molecule has 0 unspecified atom stereocenters. The summed E-state index contributed by atoms with van der Waals surface area (Å²) in [5, 5.41) is 3.58. The highest BCUT2D eigenvalue weighted by molar-refractivity contribution is 6.17. The highest BCUT2D eigenvalue weighted by atomic mass is 14.7. The highest BCUT2D eigenvalue weighted by Gasteiger charge is 2.28. The summed E-state index contributed by atoms with van der Waals surface area (Å²) in [6.45, 7) is 18.0. The summed E-state index contributed by atoms with van der Waals surface area (Å²) in [5.41, 5.74) is 20.9. The first kappa shape index (κ1) is 27.6. The number of rotatable bonds is 6. The second-order valence-corrected chi connectivity index (χ2v) is 11.8. The van der Waals surface area contributed by atoms with Gasteiger partial charge in [-0.3, -0.25) is 0 Å². The van der Waals surface area contributed by atoms with Crippen LogP contribution in [0.25, 0.3) is 50.0 Å². The lowest BCUT2D eigenvalue weighted by atomic mass is 9.75. The molecule has 0 aliphatic rings. The van der Waals surface area contributed by atoms with E-state index in [2.05, 4.69) is 116 Å². The van der Waals surface area contributed by atoms with Crippen molar-refractivity contribution in [1.82, 2.24) is 4.98 Å². The Labute approximate surface area is 240 Å². The molecule has 0 bridgehead atoms. The molecule has 2 N–H and O–H groups in total. The summed E-state index contributed by atoms with van der Waals surface area (Å²) in [6.07, 6.45) is 5.66. The van der Waals surface area contributed by atoms with Gasteiger partial charge in [0.2, 0.25) is 0 Å². The zero-order chi connectivity index (χ0) is 28.8. The van der Waals surface area contributed by atoms with Gasteiger partial charge in [0, 0.05) is 10.8 Å². The third kappa shape index (κ3) is 4.50. The van der Waals surface area contributed by atoms with Gasteiger partial charge in [0.25, 0.3) is 0 Å². The minimum Gasteiger partial charge on any atom is -0.405 e. The van der Waals surface area contributed by atoms with Crippen LogP contribution in [-0.2, 0) is 5.41 Å². The smallest absolute Gasteiger partial charge is 0.0759 e. The SMILES string of the molecule is CCC(C)(CC)c1ccc(-c2c(C)cc(C)cc2C)c2c1nc(/C=C\N)c1ccc(-c3c(C)cccc3C)cc12. The largest absolute Gasteiger partial charge is 0.405 e. The lowest BCUT2D eigenvalue weighted by Gasteiger charge is -2.30. The summed E-state index contributed by atoms with van der Waals surface area (Å²) in [7, 11) is 0. The van der Waals surface area contributed by atoms with Crippen LogP contribution in [0.2, 0.25) is 0 Å². The fourth-order valence-electron chi connectivity index (χ4n) is 6.71. The van der Waals surface area contributed by atoms with Crippen molar-refractivity contribution >= 4 is 27.8 Å². The molecule has 40 heavy (non-hydrogen) atoms. The highest BCUT2D eigenvalue weighted by Crippen LogP contribution is 2.44. The van der Waals surface area contributed by atoms with Gasteiger partial charge in [-0.15, -0.1) is 0 Å².